The highest BCUT2D eigenvalue weighted by molar-refractivity contribution is 5.82. The molecule has 2 fully saturated rings. The number of nitrogens with one attached hydrogen (secondary N) is 1. The SMILES string of the molecule is CCCC(CCN)CNC(=O)C1C2CCCC21. The molecule has 3 heteroatoms. The number of rotatable bonds is 7. The first-order valence-electron chi connectivity index (χ1n) is 7.25. The van der Waals surface area contributed by atoms with Gasteiger partial charge in [-0.25, -0.2) is 0 Å². The molecule has 17 heavy (non-hydrogen) atoms. The van der Waals surface area contributed by atoms with E-state index >= 15 is 0 Å². The summed E-state index contributed by atoms with van der Waals surface area (Å²) < 4.78 is 0. The second-order valence-corrected chi connectivity index (χ2v) is 5.76. The van der Waals surface area contributed by atoms with Crippen LogP contribution in [0.2, 0.25) is 0 Å². The van der Waals surface area contributed by atoms with Crippen LogP contribution in [0.4, 0.5) is 0 Å². The third-order valence-corrected chi connectivity index (χ3v) is 4.55. The molecule has 0 aliphatic heterocycles. The zero-order chi connectivity index (χ0) is 12.3. The van der Waals surface area contributed by atoms with Crippen LogP contribution in [0, 0.1) is 23.7 Å². The summed E-state index contributed by atoms with van der Waals surface area (Å²) in [6.45, 7) is 3.76. The van der Waals surface area contributed by atoms with Gasteiger partial charge in [0.25, 0.3) is 0 Å². The summed E-state index contributed by atoms with van der Waals surface area (Å²) in [5.41, 5.74) is 5.60. The second kappa shape index (κ2) is 5.85. The molecule has 2 rings (SSSR count). The van der Waals surface area contributed by atoms with Gasteiger partial charge in [-0.3, -0.25) is 4.79 Å². The van der Waals surface area contributed by atoms with Crippen molar-refractivity contribution in [3.8, 4) is 0 Å². The number of hydrogen-bond acceptors (Lipinski definition) is 2. The van der Waals surface area contributed by atoms with Crippen LogP contribution < -0.4 is 11.1 Å². The van der Waals surface area contributed by atoms with Gasteiger partial charge < -0.3 is 11.1 Å². The van der Waals surface area contributed by atoms with E-state index in [2.05, 4.69) is 12.2 Å². The molecule has 2 aliphatic rings. The monoisotopic (exact) mass is 238 g/mol. The van der Waals surface area contributed by atoms with Crippen molar-refractivity contribution in [2.24, 2.45) is 29.4 Å². The first-order chi connectivity index (χ1) is 8.27. The maximum atomic E-state index is 12.0. The lowest BCUT2D eigenvalue weighted by molar-refractivity contribution is -0.123. The van der Waals surface area contributed by atoms with Crippen molar-refractivity contribution < 1.29 is 4.79 Å². The van der Waals surface area contributed by atoms with Crippen LogP contribution in [0.1, 0.15) is 45.4 Å². The van der Waals surface area contributed by atoms with E-state index in [4.69, 9.17) is 5.73 Å². The van der Waals surface area contributed by atoms with E-state index < -0.39 is 0 Å². The number of fused-ring (bicyclic) bond motifs is 1. The predicted octanol–water partition coefficient (Wildman–Crippen LogP) is 1.91. The molecule has 0 radical (unpaired) electrons. The molecule has 2 saturated carbocycles. The fourth-order valence-corrected chi connectivity index (χ4v) is 3.57. The van der Waals surface area contributed by atoms with Gasteiger partial charge in [0.2, 0.25) is 5.91 Å². The lowest BCUT2D eigenvalue weighted by atomic mass is 9.99. The van der Waals surface area contributed by atoms with Crippen LogP contribution >= 0.6 is 0 Å². The normalized spacial score (nSPS) is 32.0. The highest BCUT2D eigenvalue weighted by Gasteiger charge is 2.56. The van der Waals surface area contributed by atoms with Gasteiger partial charge >= 0.3 is 0 Å². The van der Waals surface area contributed by atoms with Gasteiger partial charge in [-0.2, -0.15) is 0 Å². The van der Waals surface area contributed by atoms with Crippen LogP contribution in [0.25, 0.3) is 0 Å². The number of carbonyl (C=O) groups excluding carboxylic acids is 1. The maximum absolute atomic E-state index is 12.0. The number of hydrogen-bond donors (Lipinski definition) is 2. The molecule has 3 unspecified atom stereocenters. The number of carbonyl (C=O) groups is 1. The third-order valence-electron chi connectivity index (χ3n) is 4.55. The van der Waals surface area contributed by atoms with Crippen LogP contribution in [-0.2, 0) is 4.79 Å². The molecule has 1 amide bonds. The highest BCUT2D eigenvalue weighted by Crippen LogP contribution is 2.57. The van der Waals surface area contributed by atoms with E-state index in [0.717, 1.165) is 31.3 Å². The summed E-state index contributed by atoms with van der Waals surface area (Å²) in [5, 5.41) is 3.15. The lowest BCUT2D eigenvalue weighted by Gasteiger charge is -2.16. The molecular formula is C14H26N2O. The largest absolute Gasteiger partial charge is 0.356 e. The van der Waals surface area contributed by atoms with Gasteiger partial charge in [0.1, 0.15) is 0 Å². The zero-order valence-electron chi connectivity index (χ0n) is 11.0. The maximum Gasteiger partial charge on any atom is 0.223 e. The number of nitrogens with two attached hydrogens (primary N) is 1. The van der Waals surface area contributed by atoms with Crippen molar-refractivity contribution in [2.75, 3.05) is 13.1 Å². The number of amides is 1. The molecule has 0 saturated heterocycles. The Morgan fingerprint density at radius 2 is 2.06 bits per heavy atom. The summed E-state index contributed by atoms with van der Waals surface area (Å²) in [6, 6.07) is 0. The highest BCUT2D eigenvalue weighted by atomic mass is 16.2. The molecule has 0 spiro atoms. The smallest absolute Gasteiger partial charge is 0.223 e. The zero-order valence-corrected chi connectivity index (χ0v) is 11.0. The van der Waals surface area contributed by atoms with Crippen LogP contribution in [0.15, 0.2) is 0 Å². The van der Waals surface area contributed by atoms with Gasteiger partial charge in [-0.1, -0.05) is 19.8 Å². The minimum atomic E-state index is 0.317. The van der Waals surface area contributed by atoms with E-state index in [1.165, 1.54) is 32.1 Å². The fourth-order valence-electron chi connectivity index (χ4n) is 3.57. The Balaban J connectivity index is 1.68. The molecule has 0 aromatic carbocycles. The lowest BCUT2D eigenvalue weighted by Crippen LogP contribution is -2.32. The molecule has 98 valence electrons. The van der Waals surface area contributed by atoms with Crippen molar-refractivity contribution in [2.45, 2.75) is 45.4 Å². The minimum absolute atomic E-state index is 0.317. The van der Waals surface area contributed by atoms with Gasteiger partial charge in [0.15, 0.2) is 0 Å². The average molecular weight is 238 g/mol. The average Bonchev–Trinajstić information content (AvgIpc) is 2.80. The van der Waals surface area contributed by atoms with Gasteiger partial charge in [-0.05, 0) is 50.0 Å². The molecule has 2 aliphatic carbocycles. The Kier molecular flexibility index (Phi) is 4.43. The standard InChI is InChI=1S/C14H26N2O/c1-2-4-10(7-8-15)9-16-14(17)13-11-5-3-6-12(11)13/h10-13H,2-9,15H2,1H3,(H,16,17). The first-order valence-corrected chi connectivity index (χ1v) is 7.25. The van der Waals surface area contributed by atoms with Crippen molar-refractivity contribution in [1.29, 1.82) is 0 Å². The summed E-state index contributed by atoms with van der Waals surface area (Å²) in [6.07, 6.45) is 7.29. The Morgan fingerprint density at radius 1 is 1.35 bits per heavy atom. The molecule has 3 nitrogen and oxygen atoms in total. The predicted molar refractivity (Wildman–Crippen MR) is 69.4 cm³/mol. The molecule has 0 aromatic heterocycles. The fraction of sp³-hybridized carbons (Fsp3) is 0.929. The molecule has 0 heterocycles. The second-order valence-electron chi connectivity index (χ2n) is 5.76. The Morgan fingerprint density at radius 3 is 2.65 bits per heavy atom. The molecule has 0 aromatic rings. The summed E-state index contributed by atoms with van der Waals surface area (Å²) >= 11 is 0. The van der Waals surface area contributed by atoms with E-state index in [1.807, 2.05) is 0 Å². The Labute approximate surface area is 105 Å². The van der Waals surface area contributed by atoms with E-state index in [0.29, 0.717) is 17.7 Å². The first kappa shape index (κ1) is 12.9. The molecule has 3 atom stereocenters. The van der Waals surface area contributed by atoms with Crippen molar-refractivity contribution in [3.63, 3.8) is 0 Å². The van der Waals surface area contributed by atoms with E-state index in [1.54, 1.807) is 0 Å². The molecule has 3 N–H and O–H groups in total. The van der Waals surface area contributed by atoms with Crippen molar-refractivity contribution in [3.05, 3.63) is 0 Å². The quantitative estimate of drug-likeness (QED) is 0.712. The van der Waals surface area contributed by atoms with Crippen LogP contribution in [-0.4, -0.2) is 19.0 Å². The van der Waals surface area contributed by atoms with Gasteiger partial charge in [-0.15, -0.1) is 0 Å². The van der Waals surface area contributed by atoms with E-state index in [9.17, 15) is 4.79 Å². The summed E-state index contributed by atoms with van der Waals surface area (Å²) in [4.78, 5) is 12.0. The summed E-state index contributed by atoms with van der Waals surface area (Å²) in [5.74, 6) is 2.72. The molecule has 0 bridgehead atoms. The Bertz CT molecular complexity index is 251. The van der Waals surface area contributed by atoms with E-state index in [-0.39, 0.29) is 0 Å². The third kappa shape index (κ3) is 3.01. The van der Waals surface area contributed by atoms with Gasteiger partial charge in [0, 0.05) is 12.5 Å². The van der Waals surface area contributed by atoms with Crippen LogP contribution in [0.3, 0.4) is 0 Å². The topological polar surface area (TPSA) is 55.1 Å². The van der Waals surface area contributed by atoms with Crippen LogP contribution in [0.5, 0.6) is 0 Å². The van der Waals surface area contributed by atoms with Crippen molar-refractivity contribution >= 4 is 5.91 Å². The summed E-state index contributed by atoms with van der Waals surface area (Å²) in [7, 11) is 0. The van der Waals surface area contributed by atoms with Gasteiger partial charge in [0.05, 0.1) is 0 Å². The van der Waals surface area contributed by atoms with Crippen molar-refractivity contribution in [1.82, 2.24) is 5.32 Å². The Hall–Kier alpha value is -0.570. The molecular weight excluding hydrogens is 212 g/mol. The minimum Gasteiger partial charge on any atom is -0.356 e.